The number of aromatic amines is 1. The van der Waals surface area contributed by atoms with Crippen LogP contribution in [0.4, 0.5) is 17.6 Å². The van der Waals surface area contributed by atoms with E-state index < -0.39 is 23.1 Å². The van der Waals surface area contributed by atoms with Gasteiger partial charge in [0.1, 0.15) is 5.75 Å². The van der Waals surface area contributed by atoms with E-state index in [1.807, 2.05) is 0 Å². The number of benzene rings is 1. The highest BCUT2D eigenvalue weighted by molar-refractivity contribution is 5.68. The molecule has 0 unspecified atom stereocenters. The largest absolute Gasteiger partial charge is 0.496 e. The molecule has 0 bridgehead atoms. The van der Waals surface area contributed by atoms with Crippen molar-refractivity contribution in [1.82, 2.24) is 14.6 Å². The Hall–Kier alpha value is -2.84. The predicted molar refractivity (Wildman–Crippen MR) is 72.8 cm³/mol. The number of ether oxygens (including phenoxy) is 1. The fourth-order valence-corrected chi connectivity index (χ4v) is 2.26. The number of alkyl halides is 3. The molecule has 0 saturated carbocycles. The lowest BCUT2D eigenvalue weighted by Gasteiger charge is -2.13. The van der Waals surface area contributed by atoms with Crippen LogP contribution < -0.4 is 10.3 Å². The molecule has 1 aromatic carbocycles. The fraction of sp³-hybridized carbons (Fsp3) is 0.143. The van der Waals surface area contributed by atoms with Crippen LogP contribution in [0.5, 0.6) is 5.75 Å². The SMILES string of the molecule is COc1cc(C(F)(F)F)ccc1-c1n[nH]c(=O)c2c(F)ccn12. The van der Waals surface area contributed by atoms with Crippen LogP contribution in [0.1, 0.15) is 5.56 Å². The molecule has 0 atom stereocenters. The van der Waals surface area contributed by atoms with Crippen LogP contribution in [0.15, 0.2) is 35.3 Å². The second-order valence-corrected chi connectivity index (χ2v) is 4.67. The van der Waals surface area contributed by atoms with Gasteiger partial charge in [0.25, 0.3) is 5.56 Å². The molecule has 0 spiro atoms. The number of hydrogen-bond donors (Lipinski definition) is 1. The van der Waals surface area contributed by atoms with Crippen LogP contribution in [0.3, 0.4) is 0 Å². The number of rotatable bonds is 2. The Bertz CT molecular complexity index is 943. The highest BCUT2D eigenvalue weighted by Crippen LogP contribution is 2.36. The van der Waals surface area contributed by atoms with E-state index in [0.717, 1.165) is 28.7 Å². The molecule has 0 radical (unpaired) electrons. The summed E-state index contributed by atoms with van der Waals surface area (Å²) < 4.78 is 58.1. The molecule has 120 valence electrons. The van der Waals surface area contributed by atoms with E-state index in [-0.39, 0.29) is 22.7 Å². The minimum atomic E-state index is -4.53. The van der Waals surface area contributed by atoms with Crippen LogP contribution in [-0.4, -0.2) is 21.7 Å². The molecule has 0 fully saturated rings. The van der Waals surface area contributed by atoms with E-state index in [1.54, 1.807) is 0 Å². The van der Waals surface area contributed by atoms with Crippen molar-refractivity contribution in [1.29, 1.82) is 0 Å². The van der Waals surface area contributed by atoms with Gasteiger partial charge >= 0.3 is 6.18 Å². The Morgan fingerprint density at radius 3 is 2.65 bits per heavy atom. The molecule has 5 nitrogen and oxygen atoms in total. The highest BCUT2D eigenvalue weighted by Gasteiger charge is 2.31. The summed E-state index contributed by atoms with van der Waals surface area (Å²) in [5, 5.41) is 5.91. The molecular formula is C14H9F4N3O2. The van der Waals surface area contributed by atoms with Crippen molar-refractivity contribution >= 4 is 5.52 Å². The lowest BCUT2D eigenvalue weighted by Crippen LogP contribution is -2.14. The summed E-state index contributed by atoms with van der Waals surface area (Å²) >= 11 is 0. The van der Waals surface area contributed by atoms with E-state index in [0.29, 0.717) is 0 Å². The van der Waals surface area contributed by atoms with Crippen LogP contribution >= 0.6 is 0 Å². The standard InChI is InChI=1S/C14H9F4N3O2/c1-23-10-6-7(14(16,17)18)2-3-8(10)12-19-20-13(22)11-9(15)4-5-21(11)12/h2-6H,1H3,(H,20,22). The van der Waals surface area contributed by atoms with Crippen molar-refractivity contribution in [2.75, 3.05) is 7.11 Å². The first kappa shape index (κ1) is 15.1. The van der Waals surface area contributed by atoms with Gasteiger partial charge in [0, 0.05) is 6.20 Å². The van der Waals surface area contributed by atoms with Gasteiger partial charge in [0.15, 0.2) is 17.2 Å². The Balaban J connectivity index is 2.27. The van der Waals surface area contributed by atoms with Gasteiger partial charge in [-0.1, -0.05) is 0 Å². The first-order valence-corrected chi connectivity index (χ1v) is 6.34. The molecule has 3 aromatic rings. The summed E-state index contributed by atoms with van der Waals surface area (Å²) in [6.45, 7) is 0. The zero-order valence-electron chi connectivity index (χ0n) is 11.6. The number of fused-ring (bicyclic) bond motifs is 1. The second-order valence-electron chi connectivity index (χ2n) is 4.67. The normalized spacial score (nSPS) is 11.9. The maximum Gasteiger partial charge on any atom is 0.416 e. The van der Waals surface area contributed by atoms with Gasteiger partial charge in [0.05, 0.1) is 18.2 Å². The number of methoxy groups -OCH3 is 1. The van der Waals surface area contributed by atoms with Gasteiger partial charge in [-0.2, -0.15) is 18.3 Å². The first-order chi connectivity index (χ1) is 10.8. The number of nitrogens with zero attached hydrogens (tertiary/aromatic N) is 2. The molecule has 1 N–H and O–H groups in total. The molecule has 9 heteroatoms. The summed E-state index contributed by atoms with van der Waals surface area (Å²) in [4.78, 5) is 11.6. The monoisotopic (exact) mass is 327 g/mol. The molecular weight excluding hydrogens is 318 g/mol. The third kappa shape index (κ3) is 2.43. The summed E-state index contributed by atoms with van der Waals surface area (Å²) in [6.07, 6.45) is -3.27. The summed E-state index contributed by atoms with van der Waals surface area (Å²) in [5.41, 5.74) is -1.74. The smallest absolute Gasteiger partial charge is 0.416 e. The lowest BCUT2D eigenvalue weighted by atomic mass is 10.1. The Labute approximate surface area is 126 Å². The van der Waals surface area contributed by atoms with E-state index in [2.05, 4.69) is 10.2 Å². The fourth-order valence-electron chi connectivity index (χ4n) is 2.26. The molecule has 2 heterocycles. The summed E-state index contributed by atoms with van der Waals surface area (Å²) in [5.74, 6) is -0.815. The van der Waals surface area contributed by atoms with Crippen LogP contribution in [0, 0.1) is 5.82 Å². The van der Waals surface area contributed by atoms with Crippen molar-refractivity contribution in [3.8, 4) is 17.1 Å². The second kappa shape index (κ2) is 5.11. The van der Waals surface area contributed by atoms with Gasteiger partial charge in [0.2, 0.25) is 0 Å². The quantitative estimate of drug-likeness (QED) is 0.736. The van der Waals surface area contributed by atoms with Crippen molar-refractivity contribution in [2.45, 2.75) is 6.18 Å². The zero-order chi connectivity index (χ0) is 16.8. The maximum absolute atomic E-state index is 13.7. The van der Waals surface area contributed by atoms with Crippen molar-refractivity contribution < 1.29 is 22.3 Å². The zero-order valence-corrected chi connectivity index (χ0v) is 11.6. The molecule has 0 aliphatic heterocycles. The van der Waals surface area contributed by atoms with Crippen LogP contribution in [0.2, 0.25) is 0 Å². The molecule has 23 heavy (non-hydrogen) atoms. The summed E-state index contributed by atoms with van der Waals surface area (Å²) in [6, 6.07) is 3.89. The maximum atomic E-state index is 13.7. The summed E-state index contributed by atoms with van der Waals surface area (Å²) in [7, 11) is 1.21. The topological polar surface area (TPSA) is 59.4 Å². The van der Waals surface area contributed by atoms with Gasteiger partial charge in [-0.25, -0.2) is 9.49 Å². The van der Waals surface area contributed by atoms with Crippen molar-refractivity contribution in [3.63, 3.8) is 0 Å². The Morgan fingerprint density at radius 1 is 1.26 bits per heavy atom. The Kier molecular flexibility index (Phi) is 3.35. The molecule has 2 aromatic heterocycles. The number of nitrogens with one attached hydrogen (secondary N) is 1. The van der Waals surface area contributed by atoms with Crippen molar-refractivity contribution in [3.05, 3.63) is 52.2 Å². The molecule has 0 amide bonds. The number of H-pyrrole nitrogens is 1. The predicted octanol–water partition coefficient (Wildman–Crippen LogP) is 2.86. The van der Waals surface area contributed by atoms with Gasteiger partial charge in [-0.3, -0.25) is 9.20 Å². The third-order valence-electron chi connectivity index (χ3n) is 3.31. The molecule has 0 aliphatic rings. The molecule has 0 aliphatic carbocycles. The molecule has 0 saturated heterocycles. The van der Waals surface area contributed by atoms with Gasteiger partial charge in [-0.05, 0) is 24.3 Å². The Morgan fingerprint density at radius 2 is 2.00 bits per heavy atom. The minimum absolute atomic E-state index is 0.0501. The van der Waals surface area contributed by atoms with Crippen molar-refractivity contribution in [2.24, 2.45) is 0 Å². The average molecular weight is 327 g/mol. The lowest BCUT2D eigenvalue weighted by molar-refractivity contribution is -0.137. The highest BCUT2D eigenvalue weighted by atomic mass is 19.4. The van der Waals surface area contributed by atoms with Crippen LogP contribution in [0.25, 0.3) is 16.9 Å². The number of halogens is 4. The first-order valence-electron chi connectivity index (χ1n) is 6.34. The third-order valence-corrected chi connectivity index (χ3v) is 3.31. The number of hydrogen-bond acceptors (Lipinski definition) is 3. The van der Waals surface area contributed by atoms with E-state index in [1.165, 1.54) is 13.3 Å². The minimum Gasteiger partial charge on any atom is -0.496 e. The van der Waals surface area contributed by atoms with Crippen LogP contribution in [-0.2, 0) is 6.18 Å². The number of aromatic nitrogens is 3. The van der Waals surface area contributed by atoms with E-state index in [9.17, 15) is 22.4 Å². The van der Waals surface area contributed by atoms with E-state index >= 15 is 0 Å². The molecule has 3 rings (SSSR count). The average Bonchev–Trinajstić information content (AvgIpc) is 2.89. The van der Waals surface area contributed by atoms with E-state index in [4.69, 9.17) is 4.74 Å². The van der Waals surface area contributed by atoms with Gasteiger partial charge in [-0.15, -0.1) is 0 Å². The van der Waals surface area contributed by atoms with Gasteiger partial charge < -0.3 is 4.74 Å².